The van der Waals surface area contributed by atoms with Crippen LogP contribution in [0.15, 0.2) is 34.7 Å². The van der Waals surface area contributed by atoms with E-state index >= 15 is 0 Å². The molecule has 1 heterocycles. The third-order valence-electron chi connectivity index (χ3n) is 3.00. The topological polar surface area (TPSA) is 68.9 Å². The Morgan fingerprint density at radius 2 is 1.90 bits per heavy atom. The number of methoxy groups -OCH3 is 1. The fourth-order valence-corrected chi connectivity index (χ4v) is 1.91. The summed E-state index contributed by atoms with van der Waals surface area (Å²) in [5.74, 6) is 0.196. The molecule has 0 saturated heterocycles. The summed E-state index contributed by atoms with van der Waals surface area (Å²) in [6, 6.07) is 8.31. The molecule has 0 unspecified atom stereocenters. The lowest BCUT2D eigenvalue weighted by Gasteiger charge is -2.22. The van der Waals surface area contributed by atoms with Gasteiger partial charge in [0, 0.05) is 11.6 Å². The zero-order chi connectivity index (χ0) is 15.6. The van der Waals surface area contributed by atoms with E-state index in [-0.39, 0.29) is 17.1 Å². The number of hydrogen-bond acceptors (Lipinski definition) is 4. The lowest BCUT2D eigenvalue weighted by Crippen LogP contribution is -2.12. The fourth-order valence-electron chi connectivity index (χ4n) is 1.91. The molecule has 0 atom stereocenters. The molecule has 0 aliphatic heterocycles. The van der Waals surface area contributed by atoms with E-state index < -0.39 is 5.97 Å². The molecule has 0 amide bonds. The van der Waals surface area contributed by atoms with Crippen LogP contribution in [-0.2, 0) is 5.41 Å². The first-order valence-corrected chi connectivity index (χ1v) is 6.51. The van der Waals surface area contributed by atoms with E-state index in [0.717, 1.165) is 11.3 Å². The molecule has 21 heavy (non-hydrogen) atoms. The van der Waals surface area contributed by atoms with Crippen molar-refractivity contribution in [3.8, 4) is 17.4 Å². The first-order valence-electron chi connectivity index (χ1n) is 6.51. The molecule has 2 rings (SSSR count). The zero-order valence-corrected chi connectivity index (χ0v) is 12.5. The highest BCUT2D eigenvalue weighted by Gasteiger charge is 2.21. The number of benzene rings is 1. The standard InChI is InChI=1S/C16H18O5/c1-16(2,3)11-9-10(19-4)5-6-12(11)20-14-8-7-13(21-14)15(17)18/h5-9H,1-4H3,(H,17,18). The molecule has 1 aromatic heterocycles. The van der Waals surface area contributed by atoms with Crippen LogP contribution in [0.4, 0.5) is 0 Å². The number of aromatic carboxylic acids is 1. The van der Waals surface area contributed by atoms with Crippen LogP contribution in [0.1, 0.15) is 36.9 Å². The van der Waals surface area contributed by atoms with Gasteiger partial charge in [0.25, 0.3) is 5.95 Å². The molecule has 5 nitrogen and oxygen atoms in total. The SMILES string of the molecule is COc1ccc(Oc2ccc(C(=O)O)o2)c(C(C)(C)C)c1. The van der Waals surface area contributed by atoms with E-state index in [4.69, 9.17) is 19.0 Å². The lowest BCUT2D eigenvalue weighted by atomic mass is 9.86. The molecular formula is C16H18O5. The zero-order valence-electron chi connectivity index (χ0n) is 12.5. The minimum atomic E-state index is -1.13. The summed E-state index contributed by atoms with van der Waals surface area (Å²) < 4.78 is 16.0. The minimum Gasteiger partial charge on any atom is -0.497 e. The van der Waals surface area contributed by atoms with Crippen molar-refractivity contribution in [3.05, 3.63) is 41.7 Å². The Balaban J connectivity index is 2.36. The van der Waals surface area contributed by atoms with Gasteiger partial charge in [0.05, 0.1) is 7.11 Å². The number of hydrogen-bond donors (Lipinski definition) is 1. The van der Waals surface area contributed by atoms with Crippen molar-refractivity contribution < 1.29 is 23.8 Å². The highest BCUT2D eigenvalue weighted by Crippen LogP contribution is 2.37. The van der Waals surface area contributed by atoms with Crippen molar-refractivity contribution in [2.75, 3.05) is 7.11 Å². The lowest BCUT2D eigenvalue weighted by molar-refractivity contribution is 0.0657. The van der Waals surface area contributed by atoms with Gasteiger partial charge < -0.3 is 19.0 Å². The Labute approximate surface area is 123 Å². The fraction of sp³-hybridized carbons (Fsp3) is 0.312. The number of furan rings is 1. The summed E-state index contributed by atoms with van der Waals surface area (Å²) >= 11 is 0. The Hall–Kier alpha value is -2.43. The highest BCUT2D eigenvalue weighted by molar-refractivity contribution is 5.84. The van der Waals surface area contributed by atoms with Crippen molar-refractivity contribution in [2.24, 2.45) is 0 Å². The molecule has 0 spiro atoms. The van der Waals surface area contributed by atoms with Crippen LogP contribution < -0.4 is 9.47 Å². The molecule has 0 saturated carbocycles. The van der Waals surface area contributed by atoms with Crippen LogP contribution in [0.5, 0.6) is 17.4 Å². The second-order valence-corrected chi connectivity index (χ2v) is 5.64. The summed E-state index contributed by atoms with van der Waals surface area (Å²) in [6.07, 6.45) is 0. The number of carboxylic acid groups (broad SMARTS) is 1. The number of carboxylic acids is 1. The Morgan fingerprint density at radius 1 is 1.19 bits per heavy atom. The summed E-state index contributed by atoms with van der Waals surface area (Å²) in [4.78, 5) is 10.8. The Kier molecular flexibility index (Phi) is 3.93. The second-order valence-electron chi connectivity index (χ2n) is 5.64. The van der Waals surface area contributed by atoms with Gasteiger partial charge in [-0.15, -0.1) is 0 Å². The molecule has 0 fully saturated rings. The van der Waals surface area contributed by atoms with E-state index in [2.05, 4.69) is 20.8 Å². The Bertz CT molecular complexity index is 649. The van der Waals surface area contributed by atoms with Gasteiger partial charge in [0.2, 0.25) is 5.76 Å². The van der Waals surface area contributed by atoms with Crippen molar-refractivity contribution in [1.29, 1.82) is 0 Å². The summed E-state index contributed by atoms with van der Waals surface area (Å²) in [6.45, 7) is 6.17. The largest absolute Gasteiger partial charge is 0.497 e. The van der Waals surface area contributed by atoms with Gasteiger partial charge in [0.1, 0.15) is 11.5 Å². The van der Waals surface area contributed by atoms with E-state index in [1.807, 2.05) is 6.07 Å². The van der Waals surface area contributed by atoms with E-state index in [1.54, 1.807) is 19.2 Å². The molecule has 1 N–H and O–H groups in total. The van der Waals surface area contributed by atoms with Crippen molar-refractivity contribution in [2.45, 2.75) is 26.2 Å². The molecule has 5 heteroatoms. The van der Waals surface area contributed by atoms with Gasteiger partial charge in [-0.25, -0.2) is 4.79 Å². The third kappa shape index (κ3) is 3.37. The molecule has 112 valence electrons. The van der Waals surface area contributed by atoms with Gasteiger partial charge >= 0.3 is 5.97 Å². The van der Waals surface area contributed by atoms with Gasteiger partial charge in [0.15, 0.2) is 0 Å². The van der Waals surface area contributed by atoms with Crippen LogP contribution in [-0.4, -0.2) is 18.2 Å². The second kappa shape index (κ2) is 5.52. The van der Waals surface area contributed by atoms with Crippen LogP contribution in [0, 0.1) is 0 Å². The number of ether oxygens (including phenoxy) is 2. The Morgan fingerprint density at radius 3 is 2.43 bits per heavy atom. The normalized spacial score (nSPS) is 11.2. The first-order chi connectivity index (χ1) is 9.81. The minimum absolute atomic E-state index is 0.142. The average molecular weight is 290 g/mol. The summed E-state index contributed by atoms with van der Waals surface area (Å²) in [7, 11) is 1.61. The van der Waals surface area contributed by atoms with Crippen LogP contribution in [0.2, 0.25) is 0 Å². The third-order valence-corrected chi connectivity index (χ3v) is 3.00. The first kappa shape index (κ1) is 15.0. The highest BCUT2D eigenvalue weighted by atomic mass is 16.6. The molecule has 0 bridgehead atoms. The van der Waals surface area contributed by atoms with Crippen molar-refractivity contribution >= 4 is 5.97 Å². The van der Waals surface area contributed by atoms with E-state index in [9.17, 15) is 4.79 Å². The van der Waals surface area contributed by atoms with Gasteiger partial charge in [-0.3, -0.25) is 0 Å². The molecule has 1 aromatic carbocycles. The predicted molar refractivity (Wildman–Crippen MR) is 77.4 cm³/mol. The van der Waals surface area contributed by atoms with Gasteiger partial charge in [-0.05, 0) is 29.7 Å². The average Bonchev–Trinajstić information content (AvgIpc) is 2.86. The van der Waals surface area contributed by atoms with Crippen LogP contribution in [0.25, 0.3) is 0 Å². The van der Waals surface area contributed by atoms with E-state index in [0.29, 0.717) is 5.75 Å². The van der Waals surface area contributed by atoms with Gasteiger partial charge in [-0.1, -0.05) is 20.8 Å². The van der Waals surface area contributed by atoms with Crippen LogP contribution in [0.3, 0.4) is 0 Å². The predicted octanol–water partition coefficient (Wildman–Crippen LogP) is 4.08. The number of carbonyl (C=O) groups is 1. The molecule has 2 aromatic rings. The smallest absolute Gasteiger partial charge is 0.371 e. The van der Waals surface area contributed by atoms with Crippen molar-refractivity contribution in [3.63, 3.8) is 0 Å². The quantitative estimate of drug-likeness (QED) is 0.919. The van der Waals surface area contributed by atoms with Gasteiger partial charge in [-0.2, -0.15) is 0 Å². The van der Waals surface area contributed by atoms with Crippen molar-refractivity contribution in [1.82, 2.24) is 0 Å². The molecular weight excluding hydrogens is 272 g/mol. The summed E-state index contributed by atoms with van der Waals surface area (Å²) in [5, 5.41) is 8.85. The molecule has 0 aliphatic carbocycles. The molecule has 0 aliphatic rings. The maximum absolute atomic E-state index is 10.8. The van der Waals surface area contributed by atoms with E-state index in [1.165, 1.54) is 12.1 Å². The maximum atomic E-state index is 10.8. The van der Waals surface area contributed by atoms with Crippen LogP contribution >= 0.6 is 0 Å². The monoisotopic (exact) mass is 290 g/mol. The summed E-state index contributed by atoms with van der Waals surface area (Å²) in [5.41, 5.74) is 0.779. The molecule has 0 radical (unpaired) electrons. The maximum Gasteiger partial charge on any atom is 0.371 e. The number of rotatable bonds is 4.